The minimum Gasteiger partial charge on any atom is -0.357 e. The zero-order valence-corrected chi connectivity index (χ0v) is 18.0. The molecule has 2 atom stereocenters. The van der Waals surface area contributed by atoms with Gasteiger partial charge >= 0.3 is 0 Å². The van der Waals surface area contributed by atoms with Crippen molar-refractivity contribution < 1.29 is 9.18 Å². The summed E-state index contributed by atoms with van der Waals surface area (Å²) >= 11 is 7.58. The van der Waals surface area contributed by atoms with E-state index in [1.807, 2.05) is 0 Å². The first-order valence-electron chi connectivity index (χ1n) is 10.00. The number of anilines is 1. The summed E-state index contributed by atoms with van der Waals surface area (Å²) in [6, 6.07) is 11.6. The maximum atomic E-state index is 13.5. The number of carbonyl (C=O) groups is 1. The second-order valence-electron chi connectivity index (χ2n) is 7.50. The Bertz CT molecular complexity index is 1240. The number of thiazole rings is 1. The largest absolute Gasteiger partial charge is 0.357 e. The molecule has 0 aliphatic heterocycles. The molecule has 2 N–H and O–H groups in total. The summed E-state index contributed by atoms with van der Waals surface area (Å²) < 4.78 is 15.9. The van der Waals surface area contributed by atoms with Crippen molar-refractivity contribution in [2.24, 2.45) is 0 Å². The molecule has 2 aromatic carbocycles. The minimum atomic E-state index is -0.275. The first-order chi connectivity index (χ1) is 15.1. The number of amides is 1. The third kappa shape index (κ3) is 4.13. The summed E-state index contributed by atoms with van der Waals surface area (Å²) in [7, 11) is 0. The number of nitrogens with zero attached hydrogens (tertiary/aromatic N) is 3. The Hall–Kier alpha value is -2.97. The number of fused-ring (bicyclic) bond motifs is 1. The molecule has 5 rings (SSSR count). The molecule has 0 bridgehead atoms. The lowest BCUT2D eigenvalue weighted by atomic mass is 10.1. The van der Waals surface area contributed by atoms with Gasteiger partial charge in [-0.1, -0.05) is 22.9 Å². The average molecular weight is 456 g/mol. The Morgan fingerprint density at radius 1 is 1.19 bits per heavy atom. The van der Waals surface area contributed by atoms with Gasteiger partial charge in [0.15, 0.2) is 5.13 Å². The van der Waals surface area contributed by atoms with Crippen molar-refractivity contribution in [2.75, 3.05) is 5.32 Å². The normalized spacial score (nSPS) is 18.4. The maximum absolute atomic E-state index is 13.5. The van der Waals surface area contributed by atoms with Gasteiger partial charge in [0.2, 0.25) is 0 Å². The fraction of sp³-hybridized carbons (Fsp3) is 0.227. The third-order valence-electron chi connectivity index (χ3n) is 5.45. The van der Waals surface area contributed by atoms with Crippen LogP contribution < -0.4 is 10.6 Å². The maximum Gasteiger partial charge on any atom is 0.253 e. The lowest BCUT2D eigenvalue weighted by Crippen LogP contribution is -2.43. The quantitative estimate of drug-likeness (QED) is 0.442. The molecule has 6 nitrogen and oxygen atoms in total. The lowest BCUT2D eigenvalue weighted by Gasteiger charge is -2.22. The van der Waals surface area contributed by atoms with Crippen LogP contribution in [0.1, 0.15) is 29.6 Å². The summed E-state index contributed by atoms with van der Waals surface area (Å²) in [6.45, 7) is 0. The molecular formula is C22H19ClFN5OS. The van der Waals surface area contributed by atoms with E-state index in [-0.39, 0.29) is 23.8 Å². The Morgan fingerprint density at radius 3 is 2.90 bits per heavy atom. The molecule has 1 amide bonds. The Morgan fingerprint density at radius 2 is 2.06 bits per heavy atom. The SMILES string of the molecule is O=C(N[C@@H]1CCC[C@H]1Nc1nc2ccc(F)cc2s1)c1cc(Cl)ccc1-n1cccn1. The Kier molecular flexibility index (Phi) is 5.33. The summed E-state index contributed by atoms with van der Waals surface area (Å²) in [5, 5.41) is 12.0. The van der Waals surface area contributed by atoms with E-state index in [0.29, 0.717) is 16.3 Å². The van der Waals surface area contributed by atoms with Gasteiger partial charge in [0.1, 0.15) is 5.82 Å². The molecule has 31 heavy (non-hydrogen) atoms. The van der Waals surface area contributed by atoms with Gasteiger partial charge in [-0.05, 0) is 61.7 Å². The number of rotatable bonds is 5. The van der Waals surface area contributed by atoms with Crippen LogP contribution in [0.2, 0.25) is 5.02 Å². The summed E-state index contributed by atoms with van der Waals surface area (Å²) in [5.74, 6) is -0.471. The molecule has 0 unspecified atom stereocenters. The number of aromatic nitrogens is 3. The molecule has 158 valence electrons. The smallest absolute Gasteiger partial charge is 0.253 e. The second kappa shape index (κ2) is 8.28. The topological polar surface area (TPSA) is 71.8 Å². The van der Waals surface area contributed by atoms with Crippen LogP contribution in [0.25, 0.3) is 15.9 Å². The highest BCUT2D eigenvalue weighted by Crippen LogP contribution is 2.30. The van der Waals surface area contributed by atoms with Gasteiger partial charge in [0.05, 0.1) is 21.5 Å². The van der Waals surface area contributed by atoms with Gasteiger partial charge in [-0.2, -0.15) is 5.10 Å². The van der Waals surface area contributed by atoms with Crippen LogP contribution in [0.5, 0.6) is 0 Å². The highest BCUT2D eigenvalue weighted by molar-refractivity contribution is 7.22. The second-order valence-corrected chi connectivity index (χ2v) is 8.97. The van der Waals surface area contributed by atoms with Gasteiger partial charge < -0.3 is 10.6 Å². The van der Waals surface area contributed by atoms with Crippen LogP contribution >= 0.6 is 22.9 Å². The zero-order valence-electron chi connectivity index (χ0n) is 16.4. The van der Waals surface area contributed by atoms with Gasteiger partial charge in [0.25, 0.3) is 5.91 Å². The predicted molar refractivity (Wildman–Crippen MR) is 121 cm³/mol. The van der Waals surface area contributed by atoms with E-state index in [0.717, 1.165) is 34.6 Å². The summed E-state index contributed by atoms with van der Waals surface area (Å²) in [6.07, 6.45) is 6.22. The van der Waals surface area contributed by atoms with E-state index >= 15 is 0 Å². The molecule has 2 aromatic heterocycles. The highest BCUT2D eigenvalue weighted by atomic mass is 35.5. The van der Waals surface area contributed by atoms with Crippen molar-refractivity contribution in [3.05, 3.63) is 71.3 Å². The van der Waals surface area contributed by atoms with E-state index in [1.54, 1.807) is 47.4 Å². The van der Waals surface area contributed by atoms with Gasteiger partial charge in [0, 0.05) is 29.5 Å². The van der Waals surface area contributed by atoms with Crippen LogP contribution in [0.4, 0.5) is 9.52 Å². The van der Waals surface area contributed by atoms with Crippen molar-refractivity contribution in [3.8, 4) is 5.69 Å². The molecule has 0 radical (unpaired) electrons. The molecule has 0 saturated heterocycles. The van der Waals surface area contributed by atoms with Crippen molar-refractivity contribution in [2.45, 2.75) is 31.3 Å². The van der Waals surface area contributed by atoms with Crippen LogP contribution in [-0.2, 0) is 0 Å². The third-order valence-corrected chi connectivity index (χ3v) is 6.63. The predicted octanol–water partition coefficient (Wildman–Crippen LogP) is 5.04. The van der Waals surface area contributed by atoms with Gasteiger partial charge in [-0.25, -0.2) is 14.1 Å². The van der Waals surface area contributed by atoms with Crippen LogP contribution in [0.3, 0.4) is 0 Å². The molecule has 2 heterocycles. The van der Waals surface area contributed by atoms with Crippen molar-refractivity contribution >= 4 is 44.2 Å². The first kappa shape index (κ1) is 20.0. The first-order valence-corrected chi connectivity index (χ1v) is 11.2. The van der Waals surface area contributed by atoms with E-state index in [4.69, 9.17) is 11.6 Å². The molecule has 1 aliphatic rings. The molecular weight excluding hydrogens is 437 g/mol. The van der Waals surface area contributed by atoms with Gasteiger partial charge in [-0.3, -0.25) is 4.79 Å². The molecule has 1 fully saturated rings. The average Bonchev–Trinajstić information content (AvgIpc) is 3.49. The van der Waals surface area contributed by atoms with Crippen molar-refractivity contribution in [1.29, 1.82) is 0 Å². The molecule has 9 heteroatoms. The van der Waals surface area contributed by atoms with E-state index in [1.165, 1.54) is 23.5 Å². The fourth-order valence-electron chi connectivity index (χ4n) is 3.97. The van der Waals surface area contributed by atoms with E-state index in [2.05, 4.69) is 20.7 Å². The number of benzene rings is 2. The van der Waals surface area contributed by atoms with Crippen LogP contribution in [0, 0.1) is 5.82 Å². The number of halogens is 2. The zero-order chi connectivity index (χ0) is 21.4. The van der Waals surface area contributed by atoms with Crippen LogP contribution in [0.15, 0.2) is 54.9 Å². The number of hydrogen-bond acceptors (Lipinski definition) is 5. The van der Waals surface area contributed by atoms with E-state index < -0.39 is 0 Å². The Labute approximate surface area is 187 Å². The van der Waals surface area contributed by atoms with Crippen molar-refractivity contribution in [3.63, 3.8) is 0 Å². The summed E-state index contributed by atoms with van der Waals surface area (Å²) in [5.41, 5.74) is 1.90. The minimum absolute atomic E-state index is 0.0432. The highest BCUT2D eigenvalue weighted by Gasteiger charge is 2.30. The van der Waals surface area contributed by atoms with E-state index in [9.17, 15) is 9.18 Å². The molecule has 1 saturated carbocycles. The number of nitrogens with one attached hydrogen (secondary N) is 2. The number of carbonyl (C=O) groups excluding carboxylic acids is 1. The molecule has 0 spiro atoms. The Balaban J connectivity index is 1.34. The monoisotopic (exact) mass is 455 g/mol. The van der Waals surface area contributed by atoms with Crippen molar-refractivity contribution in [1.82, 2.24) is 20.1 Å². The molecule has 1 aliphatic carbocycles. The fourth-order valence-corrected chi connectivity index (χ4v) is 5.10. The lowest BCUT2D eigenvalue weighted by molar-refractivity contribution is 0.0935. The standard InChI is InChI=1S/C22H19ClFN5OS/c23-13-5-8-19(29-10-2-9-25-29)15(11-13)21(30)26-16-3-1-4-17(16)27-22-28-18-7-6-14(24)12-20(18)31-22/h2,5-12,16-17H,1,3-4H2,(H,26,30)(H,27,28)/t16-,17-/m1/s1. The number of hydrogen-bond donors (Lipinski definition) is 2. The summed E-state index contributed by atoms with van der Waals surface area (Å²) in [4.78, 5) is 17.7. The van der Waals surface area contributed by atoms with Crippen LogP contribution in [-0.4, -0.2) is 32.8 Å². The van der Waals surface area contributed by atoms with Gasteiger partial charge in [-0.15, -0.1) is 0 Å². The molecule has 4 aromatic rings.